The van der Waals surface area contributed by atoms with Gasteiger partial charge in [-0.25, -0.2) is 4.68 Å². The van der Waals surface area contributed by atoms with Crippen molar-refractivity contribution in [3.05, 3.63) is 24.4 Å². The maximum atomic E-state index is 12.7. The molecule has 0 N–H and O–H groups in total. The van der Waals surface area contributed by atoms with E-state index in [9.17, 15) is 4.79 Å². The Bertz CT molecular complexity index is 1120. The highest BCUT2D eigenvalue weighted by Gasteiger charge is 2.25. The van der Waals surface area contributed by atoms with Crippen molar-refractivity contribution >= 4 is 16.8 Å². The normalized spacial score (nSPS) is 24.9. The van der Waals surface area contributed by atoms with Crippen LogP contribution < -0.4 is 4.74 Å². The summed E-state index contributed by atoms with van der Waals surface area (Å²) in [5, 5.41) is 15.0. The number of rotatable bonds is 1. The molecule has 2 aromatic heterocycles. The van der Waals surface area contributed by atoms with E-state index in [-0.39, 0.29) is 24.3 Å². The summed E-state index contributed by atoms with van der Waals surface area (Å²) in [5.74, 6) is 0.847. The van der Waals surface area contributed by atoms with E-state index >= 15 is 0 Å². The van der Waals surface area contributed by atoms with Crippen molar-refractivity contribution in [3.63, 3.8) is 0 Å². The minimum atomic E-state index is -0.150. The van der Waals surface area contributed by atoms with Crippen molar-refractivity contribution in [3.8, 4) is 17.1 Å². The zero-order valence-corrected chi connectivity index (χ0v) is 18.9. The van der Waals surface area contributed by atoms with Gasteiger partial charge in [0.05, 0.1) is 30.3 Å². The third-order valence-corrected chi connectivity index (χ3v) is 6.36. The molecule has 0 saturated carbocycles. The summed E-state index contributed by atoms with van der Waals surface area (Å²) < 4.78 is 14.2. The molecular weight excluding hydrogens is 408 g/mol. The lowest BCUT2D eigenvalue weighted by atomic mass is 10.1. The molecule has 9 nitrogen and oxygen atoms in total. The summed E-state index contributed by atoms with van der Waals surface area (Å²) in [6.45, 7) is 5.38. The SMILES string of the molecule is C[C@@H]1CCN(C)C(=O)C[C@H](C)n2ncc(n2)-c2nn(C3CCCCO3)c3ccc(cc23)O1. The number of fused-ring (bicyclic) bond motifs is 4. The quantitative estimate of drug-likeness (QED) is 0.577. The largest absolute Gasteiger partial charge is 0.491 e. The summed E-state index contributed by atoms with van der Waals surface area (Å²) in [5.41, 5.74) is 2.43. The van der Waals surface area contributed by atoms with Gasteiger partial charge in [0, 0.05) is 32.0 Å². The Labute approximate surface area is 187 Å². The zero-order chi connectivity index (χ0) is 22.2. The van der Waals surface area contributed by atoms with Crippen molar-refractivity contribution < 1.29 is 14.3 Å². The molecule has 4 bridgehead atoms. The number of carbonyl (C=O) groups is 1. The average Bonchev–Trinajstić information content (AvgIpc) is 3.42. The molecule has 4 heterocycles. The van der Waals surface area contributed by atoms with Crippen LogP contribution in [0, 0.1) is 0 Å². The van der Waals surface area contributed by atoms with Gasteiger partial charge in [-0.05, 0) is 51.3 Å². The van der Waals surface area contributed by atoms with Crippen molar-refractivity contribution in [2.75, 3.05) is 20.2 Å². The van der Waals surface area contributed by atoms with Gasteiger partial charge in [-0.15, -0.1) is 0 Å². The summed E-state index contributed by atoms with van der Waals surface area (Å²) >= 11 is 0. The fourth-order valence-electron chi connectivity index (χ4n) is 4.40. The second-order valence-electron chi connectivity index (χ2n) is 8.93. The van der Waals surface area contributed by atoms with E-state index < -0.39 is 0 Å². The van der Waals surface area contributed by atoms with Gasteiger partial charge < -0.3 is 14.4 Å². The topological polar surface area (TPSA) is 87.3 Å². The Kier molecular flexibility index (Phi) is 5.58. The predicted molar refractivity (Wildman–Crippen MR) is 119 cm³/mol. The third-order valence-electron chi connectivity index (χ3n) is 6.36. The Morgan fingerprint density at radius 3 is 2.81 bits per heavy atom. The lowest BCUT2D eigenvalue weighted by molar-refractivity contribution is -0.131. The highest BCUT2D eigenvalue weighted by atomic mass is 16.5. The van der Waals surface area contributed by atoms with Gasteiger partial charge in [0.1, 0.15) is 17.1 Å². The summed E-state index contributed by atoms with van der Waals surface area (Å²) in [6.07, 6.45) is 5.84. The van der Waals surface area contributed by atoms with Crippen LogP contribution in [0.3, 0.4) is 0 Å². The minimum absolute atomic E-state index is 0.0236. The van der Waals surface area contributed by atoms with E-state index in [4.69, 9.17) is 19.7 Å². The molecule has 0 aliphatic carbocycles. The van der Waals surface area contributed by atoms with E-state index in [2.05, 4.69) is 5.10 Å². The van der Waals surface area contributed by atoms with Crippen LogP contribution >= 0.6 is 0 Å². The van der Waals surface area contributed by atoms with Crippen LogP contribution in [-0.2, 0) is 9.53 Å². The van der Waals surface area contributed by atoms with E-state index in [1.807, 2.05) is 43.8 Å². The minimum Gasteiger partial charge on any atom is -0.491 e. The molecular formula is C23H30N6O3. The number of benzene rings is 1. The molecule has 3 aromatic rings. The molecule has 3 atom stereocenters. The van der Waals surface area contributed by atoms with Gasteiger partial charge in [0.15, 0.2) is 6.23 Å². The van der Waals surface area contributed by atoms with Crippen molar-refractivity contribution in [1.82, 2.24) is 29.7 Å². The predicted octanol–water partition coefficient (Wildman–Crippen LogP) is 3.57. The van der Waals surface area contributed by atoms with Gasteiger partial charge in [-0.2, -0.15) is 20.1 Å². The number of ether oxygens (including phenoxy) is 2. The van der Waals surface area contributed by atoms with Crippen LogP contribution in [0.4, 0.5) is 0 Å². The Hall–Kier alpha value is -2.94. The van der Waals surface area contributed by atoms with Gasteiger partial charge >= 0.3 is 0 Å². The highest BCUT2D eigenvalue weighted by Crippen LogP contribution is 2.34. The van der Waals surface area contributed by atoms with E-state index in [1.54, 1.807) is 15.9 Å². The lowest BCUT2D eigenvalue weighted by Crippen LogP contribution is -2.32. The fraction of sp³-hybridized carbons (Fsp3) is 0.565. The third kappa shape index (κ3) is 3.97. The molecule has 170 valence electrons. The van der Waals surface area contributed by atoms with Gasteiger partial charge in [0.2, 0.25) is 5.91 Å². The molecule has 1 fully saturated rings. The van der Waals surface area contributed by atoms with E-state index in [0.29, 0.717) is 18.7 Å². The number of nitrogens with zero attached hydrogens (tertiary/aromatic N) is 6. The number of amides is 1. The molecule has 1 aromatic carbocycles. The highest BCUT2D eigenvalue weighted by molar-refractivity contribution is 5.93. The first-order chi connectivity index (χ1) is 15.5. The molecule has 5 rings (SSSR count). The van der Waals surface area contributed by atoms with Gasteiger partial charge in [0.25, 0.3) is 0 Å². The molecule has 1 amide bonds. The van der Waals surface area contributed by atoms with Crippen molar-refractivity contribution in [1.29, 1.82) is 0 Å². The Morgan fingerprint density at radius 2 is 2.00 bits per heavy atom. The molecule has 1 saturated heterocycles. The lowest BCUT2D eigenvalue weighted by Gasteiger charge is -2.23. The Morgan fingerprint density at radius 1 is 1.12 bits per heavy atom. The van der Waals surface area contributed by atoms with E-state index in [1.165, 1.54) is 0 Å². The monoisotopic (exact) mass is 438 g/mol. The van der Waals surface area contributed by atoms with Gasteiger partial charge in [-0.3, -0.25) is 4.79 Å². The zero-order valence-electron chi connectivity index (χ0n) is 18.9. The fourth-order valence-corrected chi connectivity index (χ4v) is 4.40. The van der Waals surface area contributed by atoms with Crippen LogP contribution in [0.15, 0.2) is 24.4 Å². The first-order valence-corrected chi connectivity index (χ1v) is 11.5. The summed E-state index contributed by atoms with van der Waals surface area (Å²) in [6, 6.07) is 5.91. The van der Waals surface area contributed by atoms with Crippen LogP contribution in [0.2, 0.25) is 0 Å². The maximum Gasteiger partial charge on any atom is 0.224 e. The first kappa shape index (κ1) is 20.9. The van der Waals surface area contributed by atoms with Crippen molar-refractivity contribution in [2.24, 2.45) is 0 Å². The first-order valence-electron chi connectivity index (χ1n) is 11.5. The van der Waals surface area contributed by atoms with Crippen LogP contribution in [-0.4, -0.2) is 61.9 Å². The summed E-state index contributed by atoms with van der Waals surface area (Å²) in [4.78, 5) is 16.0. The Balaban J connectivity index is 1.61. The molecule has 32 heavy (non-hydrogen) atoms. The van der Waals surface area contributed by atoms with Crippen LogP contribution in [0.1, 0.15) is 58.2 Å². The number of hydrogen-bond donors (Lipinski definition) is 0. The molecule has 0 spiro atoms. The molecule has 9 heteroatoms. The second kappa shape index (κ2) is 8.54. The summed E-state index contributed by atoms with van der Waals surface area (Å²) in [7, 11) is 1.83. The van der Waals surface area contributed by atoms with Crippen molar-refractivity contribution in [2.45, 2.75) is 64.3 Å². The molecule has 2 aliphatic heterocycles. The maximum absolute atomic E-state index is 12.7. The number of hydrogen-bond acceptors (Lipinski definition) is 6. The standard InChI is InChI=1S/C23H30N6O3/c1-15-12-21(30)27(3)10-9-16(2)32-17-7-8-20-18(13-17)23(19-14-24-29(15)25-19)26-28(20)22-6-4-5-11-31-22/h7-8,13-16,22H,4-6,9-12H2,1-3H3/t15-,16+,22?/m0/s1. The van der Waals surface area contributed by atoms with Crippen LogP contribution in [0.25, 0.3) is 22.3 Å². The van der Waals surface area contributed by atoms with Crippen LogP contribution in [0.5, 0.6) is 5.75 Å². The second-order valence-corrected chi connectivity index (χ2v) is 8.93. The van der Waals surface area contributed by atoms with Gasteiger partial charge in [-0.1, -0.05) is 0 Å². The smallest absolute Gasteiger partial charge is 0.224 e. The molecule has 1 unspecified atom stereocenters. The molecule has 2 aliphatic rings. The average molecular weight is 439 g/mol. The number of carbonyl (C=O) groups excluding carboxylic acids is 1. The number of aromatic nitrogens is 5. The molecule has 0 radical (unpaired) electrons. The van der Waals surface area contributed by atoms with E-state index in [0.717, 1.165) is 54.6 Å².